The highest BCUT2D eigenvalue weighted by Crippen LogP contribution is 2.69. The molecule has 174 valence electrons. The summed E-state index contributed by atoms with van der Waals surface area (Å²) in [6, 6.07) is 2.88. The average Bonchev–Trinajstić information content (AvgIpc) is 2.66. The zero-order valence-corrected chi connectivity index (χ0v) is 19.4. The van der Waals surface area contributed by atoms with E-state index in [0.717, 1.165) is 19.3 Å². The number of benzene rings is 1. The molecule has 1 N–H and O–H groups in total. The van der Waals surface area contributed by atoms with Crippen LogP contribution in [0.2, 0.25) is 0 Å². The summed E-state index contributed by atoms with van der Waals surface area (Å²) in [5, 5.41) is 15.7. The molecule has 1 aromatic rings. The Hall–Kier alpha value is -2.64. The summed E-state index contributed by atoms with van der Waals surface area (Å²) in [6.45, 7) is 8.94. The number of hydrazone groups is 1. The van der Waals surface area contributed by atoms with Crippen LogP contribution in [0.3, 0.4) is 0 Å². The maximum absolute atomic E-state index is 13.3. The summed E-state index contributed by atoms with van der Waals surface area (Å²) >= 11 is 0. The maximum Gasteiger partial charge on any atom is 0.311 e. The Labute approximate surface area is 188 Å². The maximum atomic E-state index is 13.3. The van der Waals surface area contributed by atoms with Gasteiger partial charge in [-0.25, -0.2) is 5.43 Å². The molecule has 4 bridgehead atoms. The van der Waals surface area contributed by atoms with Crippen molar-refractivity contribution in [2.75, 3.05) is 13.2 Å². The van der Waals surface area contributed by atoms with Crippen molar-refractivity contribution in [3.05, 3.63) is 27.8 Å². The van der Waals surface area contributed by atoms with E-state index in [4.69, 9.17) is 9.47 Å². The molecule has 1 amide bonds. The zero-order valence-electron chi connectivity index (χ0n) is 19.4. The third kappa shape index (κ3) is 4.07. The first kappa shape index (κ1) is 22.6. The molecule has 0 aliphatic heterocycles. The quantitative estimate of drug-likeness (QED) is 0.352. The number of rotatable bonds is 8. The van der Waals surface area contributed by atoms with Gasteiger partial charge in [-0.3, -0.25) is 14.9 Å². The first-order valence-electron chi connectivity index (χ1n) is 11.5. The van der Waals surface area contributed by atoms with Crippen LogP contribution < -0.4 is 14.9 Å². The fraction of sp³-hybridized carbons (Fsp3) is 0.667. The minimum absolute atomic E-state index is 0.0336. The largest absolute Gasteiger partial charge is 0.493 e. The Kier molecular flexibility index (Phi) is 5.67. The number of ether oxygens (including phenoxy) is 2. The van der Waals surface area contributed by atoms with Crippen LogP contribution in [-0.2, 0) is 4.79 Å². The normalized spacial score (nSPS) is 32.8. The number of nitro groups is 1. The number of hydrogen-bond donors (Lipinski definition) is 1. The average molecular weight is 444 g/mol. The summed E-state index contributed by atoms with van der Waals surface area (Å²) < 4.78 is 11.0. The molecule has 0 spiro atoms. The number of nitro benzene ring substituents is 1. The van der Waals surface area contributed by atoms with Crippen LogP contribution >= 0.6 is 0 Å². The van der Waals surface area contributed by atoms with Crippen LogP contribution in [0.15, 0.2) is 17.2 Å². The second-order valence-corrected chi connectivity index (χ2v) is 10.6. The number of amides is 1. The second-order valence-electron chi connectivity index (χ2n) is 10.6. The Morgan fingerprint density at radius 3 is 2.31 bits per heavy atom. The lowest BCUT2D eigenvalue weighted by Crippen LogP contribution is -2.59. The molecule has 4 fully saturated rings. The number of hydrogen-bond acceptors (Lipinski definition) is 6. The highest BCUT2D eigenvalue weighted by atomic mass is 16.6. The van der Waals surface area contributed by atoms with E-state index in [0.29, 0.717) is 30.4 Å². The minimum atomic E-state index is -0.493. The molecule has 0 aromatic heterocycles. The fourth-order valence-electron chi connectivity index (χ4n) is 7.34. The van der Waals surface area contributed by atoms with Gasteiger partial charge in [-0.1, -0.05) is 13.8 Å². The van der Waals surface area contributed by atoms with Crippen LogP contribution in [0, 0.1) is 32.3 Å². The van der Waals surface area contributed by atoms with Crippen LogP contribution in [0.4, 0.5) is 5.69 Å². The van der Waals surface area contributed by atoms with Crippen molar-refractivity contribution in [2.24, 2.45) is 27.3 Å². The Morgan fingerprint density at radius 2 is 1.75 bits per heavy atom. The van der Waals surface area contributed by atoms with E-state index < -0.39 is 4.92 Å². The van der Waals surface area contributed by atoms with E-state index in [1.165, 1.54) is 37.6 Å². The van der Waals surface area contributed by atoms with Crippen molar-refractivity contribution < 1.29 is 19.2 Å². The van der Waals surface area contributed by atoms with Crippen LogP contribution in [0.5, 0.6) is 11.5 Å². The van der Waals surface area contributed by atoms with E-state index in [2.05, 4.69) is 24.4 Å². The molecular formula is C24H33N3O5. The van der Waals surface area contributed by atoms with Gasteiger partial charge in [0.05, 0.1) is 29.8 Å². The van der Waals surface area contributed by atoms with Gasteiger partial charge < -0.3 is 9.47 Å². The Morgan fingerprint density at radius 1 is 1.12 bits per heavy atom. The SMILES string of the molecule is CCOc1cc(OCC)c([N+](=O)[O-])cc1/C=N/NC(=O)C12CC3CC(C)(CC(C)(C3)C1)C2. The molecule has 8 heteroatoms. The number of carbonyl (C=O) groups is 1. The van der Waals surface area contributed by atoms with Crippen molar-refractivity contribution in [3.63, 3.8) is 0 Å². The Bertz CT molecular complexity index is 941. The van der Waals surface area contributed by atoms with Gasteiger partial charge in [-0.05, 0) is 69.1 Å². The van der Waals surface area contributed by atoms with Crippen molar-refractivity contribution in [2.45, 2.75) is 66.2 Å². The minimum Gasteiger partial charge on any atom is -0.493 e. The van der Waals surface area contributed by atoms with E-state index in [1.54, 1.807) is 6.92 Å². The number of nitrogens with zero attached hydrogens (tertiary/aromatic N) is 2. The van der Waals surface area contributed by atoms with Gasteiger partial charge in [-0.2, -0.15) is 5.10 Å². The molecule has 5 rings (SSSR count). The second kappa shape index (κ2) is 8.05. The molecule has 0 saturated heterocycles. The number of carbonyl (C=O) groups excluding carboxylic acids is 1. The molecule has 2 unspecified atom stereocenters. The lowest BCUT2D eigenvalue weighted by Gasteiger charge is -2.64. The molecule has 0 radical (unpaired) electrons. The molecular weight excluding hydrogens is 410 g/mol. The molecule has 4 aliphatic rings. The summed E-state index contributed by atoms with van der Waals surface area (Å²) in [7, 11) is 0. The first-order chi connectivity index (χ1) is 15.1. The third-order valence-electron chi connectivity index (χ3n) is 7.37. The first-order valence-corrected chi connectivity index (χ1v) is 11.5. The third-order valence-corrected chi connectivity index (χ3v) is 7.37. The molecule has 4 saturated carbocycles. The van der Waals surface area contributed by atoms with Crippen molar-refractivity contribution >= 4 is 17.8 Å². The predicted octanol–water partition coefficient (Wildman–Crippen LogP) is 4.84. The number of nitrogens with one attached hydrogen (secondary N) is 1. The molecule has 0 heterocycles. The van der Waals surface area contributed by atoms with Crippen molar-refractivity contribution in [3.8, 4) is 11.5 Å². The van der Waals surface area contributed by atoms with Crippen LogP contribution in [0.1, 0.15) is 71.8 Å². The smallest absolute Gasteiger partial charge is 0.311 e. The Balaban J connectivity index is 1.55. The molecule has 4 aliphatic carbocycles. The summed E-state index contributed by atoms with van der Waals surface area (Å²) in [5.41, 5.74) is 3.11. The van der Waals surface area contributed by atoms with Crippen molar-refractivity contribution in [1.82, 2.24) is 5.43 Å². The van der Waals surface area contributed by atoms with Crippen LogP contribution in [-0.4, -0.2) is 30.3 Å². The van der Waals surface area contributed by atoms with Gasteiger partial charge in [0.25, 0.3) is 0 Å². The van der Waals surface area contributed by atoms with E-state index in [9.17, 15) is 14.9 Å². The highest BCUT2D eigenvalue weighted by Gasteiger charge is 2.62. The van der Waals surface area contributed by atoms with Gasteiger partial charge >= 0.3 is 5.69 Å². The van der Waals surface area contributed by atoms with Crippen molar-refractivity contribution in [1.29, 1.82) is 0 Å². The van der Waals surface area contributed by atoms with Crippen LogP contribution in [0.25, 0.3) is 0 Å². The van der Waals surface area contributed by atoms with Gasteiger partial charge in [0.2, 0.25) is 11.7 Å². The zero-order chi connectivity index (χ0) is 23.1. The van der Waals surface area contributed by atoms with E-state index in [1.807, 2.05) is 6.92 Å². The molecule has 8 nitrogen and oxygen atoms in total. The van der Waals surface area contributed by atoms with Gasteiger partial charge in [0.1, 0.15) is 5.75 Å². The topological polar surface area (TPSA) is 103 Å². The summed E-state index contributed by atoms with van der Waals surface area (Å²) in [5.74, 6) is 1.15. The van der Waals surface area contributed by atoms with Gasteiger partial charge in [-0.15, -0.1) is 0 Å². The monoisotopic (exact) mass is 443 g/mol. The van der Waals surface area contributed by atoms with Gasteiger partial charge in [0, 0.05) is 17.7 Å². The van der Waals surface area contributed by atoms with E-state index in [-0.39, 0.29) is 33.6 Å². The lowest BCUT2D eigenvalue weighted by atomic mass is 9.40. The molecule has 2 atom stereocenters. The lowest BCUT2D eigenvalue weighted by molar-refractivity contribution is -0.385. The molecule has 1 aromatic carbocycles. The summed E-state index contributed by atoms with van der Waals surface area (Å²) in [6.07, 6.45) is 7.80. The van der Waals surface area contributed by atoms with Gasteiger partial charge in [0.15, 0.2) is 0 Å². The molecule has 32 heavy (non-hydrogen) atoms. The summed E-state index contributed by atoms with van der Waals surface area (Å²) in [4.78, 5) is 24.3. The van der Waals surface area contributed by atoms with E-state index >= 15 is 0 Å². The highest BCUT2D eigenvalue weighted by molar-refractivity contribution is 5.88. The predicted molar refractivity (Wildman–Crippen MR) is 121 cm³/mol. The fourth-order valence-corrected chi connectivity index (χ4v) is 7.34. The standard InChI is InChI=1S/C24H33N3O5/c1-5-31-19-8-20(32-6-2)18(27(29)30)7-17(19)12-25-26-21(28)24-11-16-9-22(3,14-24)13-23(4,10-16)15-24/h7-8,12,16H,5-6,9-11,13-15H2,1-4H3,(H,26,28)/b25-12+.